The van der Waals surface area contributed by atoms with Gasteiger partial charge in [0.1, 0.15) is 0 Å². The molecule has 4 aromatic rings. The summed E-state index contributed by atoms with van der Waals surface area (Å²) in [5.74, 6) is 6.21. The molecule has 0 bridgehead atoms. The third kappa shape index (κ3) is 3.51. The SMILES string of the molecule is CCc1cc2cccc(C#Cc3ccc(=O)n(C)c3)c2c(=O)n1-c1ccccc1. The molecule has 4 nitrogen and oxygen atoms in total. The van der Waals surface area contributed by atoms with Gasteiger partial charge in [0.05, 0.1) is 5.39 Å². The first-order chi connectivity index (χ1) is 14.1. The number of fused-ring (bicyclic) bond motifs is 1. The average Bonchev–Trinajstić information content (AvgIpc) is 2.74. The number of aromatic nitrogens is 2. The summed E-state index contributed by atoms with van der Waals surface area (Å²) in [4.78, 5) is 25.1. The van der Waals surface area contributed by atoms with Crippen molar-refractivity contribution in [3.63, 3.8) is 0 Å². The summed E-state index contributed by atoms with van der Waals surface area (Å²) in [6.07, 6.45) is 2.44. The van der Waals surface area contributed by atoms with E-state index in [0.29, 0.717) is 10.9 Å². The van der Waals surface area contributed by atoms with Crippen LogP contribution in [0.3, 0.4) is 0 Å². The lowest BCUT2D eigenvalue weighted by Gasteiger charge is -2.14. The maximum atomic E-state index is 13.5. The van der Waals surface area contributed by atoms with Gasteiger partial charge >= 0.3 is 0 Å². The summed E-state index contributed by atoms with van der Waals surface area (Å²) in [7, 11) is 1.69. The Morgan fingerprint density at radius 1 is 0.897 bits per heavy atom. The minimum Gasteiger partial charge on any atom is -0.317 e. The third-order valence-corrected chi connectivity index (χ3v) is 4.93. The Balaban J connectivity index is 1.95. The van der Waals surface area contributed by atoms with E-state index in [1.807, 2.05) is 55.5 Å². The Labute approximate surface area is 168 Å². The van der Waals surface area contributed by atoms with Gasteiger partial charge in [0.15, 0.2) is 0 Å². The van der Waals surface area contributed by atoms with E-state index in [1.54, 1.807) is 23.9 Å². The van der Waals surface area contributed by atoms with Gasteiger partial charge in [-0.25, -0.2) is 0 Å². The second-order valence-electron chi connectivity index (χ2n) is 6.85. The van der Waals surface area contributed by atoms with Crippen molar-refractivity contribution in [2.45, 2.75) is 13.3 Å². The quantitative estimate of drug-likeness (QED) is 0.498. The van der Waals surface area contributed by atoms with Crippen LogP contribution in [0.15, 0.2) is 82.5 Å². The molecule has 4 rings (SSSR count). The molecule has 142 valence electrons. The van der Waals surface area contributed by atoms with Crippen LogP contribution in [0.4, 0.5) is 0 Å². The number of hydrogen-bond donors (Lipinski definition) is 0. The summed E-state index contributed by atoms with van der Waals surface area (Å²) >= 11 is 0. The molecule has 0 amide bonds. The highest BCUT2D eigenvalue weighted by atomic mass is 16.1. The molecule has 0 N–H and O–H groups in total. The molecule has 0 saturated carbocycles. The van der Waals surface area contributed by atoms with Gasteiger partial charge in [-0.3, -0.25) is 14.2 Å². The fraction of sp³-hybridized carbons (Fsp3) is 0.120. The highest BCUT2D eigenvalue weighted by molar-refractivity contribution is 5.88. The number of pyridine rings is 2. The minimum atomic E-state index is -0.0847. The van der Waals surface area contributed by atoms with Gasteiger partial charge in [0.2, 0.25) is 5.56 Å². The zero-order chi connectivity index (χ0) is 20.4. The van der Waals surface area contributed by atoms with Crippen LogP contribution in [0.1, 0.15) is 23.7 Å². The number of rotatable bonds is 2. The van der Waals surface area contributed by atoms with Crippen LogP contribution in [0, 0.1) is 11.8 Å². The first-order valence-corrected chi connectivity index (χ1v) is 9.50. The van der Waals surface area contributed by atoms with E-state index in [-0.39, 0.29) is 11.1 Å². The van der Waals surface area contributed by atoms with E-state index in [9.17, 15) is 9.59 Å². The lowest BCUT2D eigenvalue weighted by atomic mass is 10.0. The van der Waals surface area contributed by atoms with Crippen molar-refractivity contribution in [1.29, 1.82) is 0 Å². The highest BCUT2D eigenvalue weighted by Gasteiger charge is 2.12. The van der Waals surface area contributed by atoms with Crippen LogP contribution < -0.4 is 11.1 Å². The average molecular weight is 380 g/mol. The van der Waals surface area contributed by atoms with E-state index in [0.717, 1.165) is 28.8 Å². The molecule has 0 aliphatic rings. The van der Waals surface area contributed by atoms with Gasteiger partial charge in [-0.15, -0.1) is 0 Å². The van der Waals surface area contributed by atoms with Gasteiger partial charge < -0.3 is 4.57 Å². The summed E-state index contributed by atoms with van der Waals surface area (Å²) < 4.78 is 3.25. The largest absolute Gasteiger partial charge is 0.317 e. The summed E-state index contributed by atoms with van der Waals surface area (Å²) in [6, 6.07) is 20.6. The predicted molar refractivity (Wildman–Crippen MR) is 117 cm³/mol. The molecule has 4 heteroatoms. The molecule has 29 heavy (non-hydrogen) atoms. The van der Waals surface area contributed by atoms with Crippen molar-refractivity contribution in [3.8, 4) is 17.5 Å². The molecular weight excluding hydrogens is 360 g/mol. The monoisotopic (exact) mass is 380 g/mol. The maximum absolute atomic E-state index is 13.5. The highest BCUT2D eigenvalue weighted by Crippen LogP contribution is 2.19. The van der Waals surface area contributed by atoms with Crippen molar-refractivity contribution in [3.05, 3.63) is 110 Å². The molecule has 2 aromatic carbocycles. The van der Waals surface area contributed by atoms with Crippen molar-refractivity contribution in [2.75, 3.05) is 0 Å². The van der Waals surface area contributed by atoms with Gasteiger partial charge in [0.25, 0.3) is 5.56 Å². The third-order valence-electron chi connectivity index (χ3n) is 4.93. The van der Waals surface area contributed by atoms with Crippen molar-refractivity contribution < 1.29 is 0 Å². The van der Waals surface area contributed by atoms with E-state index in [2.05, 4.69) is 17.9 Å². The normalized spacial score (nSPS) is 10.6. The molecule has 0 saturated heterocycles. The van der Waals surface area contributed by atoms with Gasteiger partial charge in [-0.2, -0.15) is 0 Å². The molecule has 0 radical (unpaired) electrons. The molecule has 0 fully saturated rings. The Kier molecular flexibility index (Phi) is 4.88. The second kappa shape index (κ2) is 7.65. The zero-order valence-electron chi connectivity index (χ0n) is 16.3. The Morgan fingerprint density at radius 2 is 1.69 bits per heavy atom. The molecule has 0 atom stereocenters. The molecule has 0 unspecified atom stereocenters. The molecule has 0 spiro atoms. The van der Waals surface area contributed by atoms with Crippen LogP contribution in [0.2, 0.25) is 0 Å². The van der Waals surface area contributed by atoms with E-state index >= 15 is 0 Å². The number of aryl methyl sites for hydroxylation is 2. The van der Waals surface area contributed by atoms with E-state index in [1.165, 1.54) is 10.6 Å². The lowest BCUT2D eigenvalue weighted by molar-refractivity contribution is 0.857. The summed E-state index contributed by atoms with van der Waals surface area (Å²) in [5.41, 5.74) is 3.04. The lowest BCUT2D eigenvalue weighted by Crippen LogP contribution is -2.22. The van der Waals surface area contributed by atoms with Crippen LogP contribution in [-0.4, -0.2) is 9.13 Å². The molecule has 2 heterocycles. The van der Waals surface area contributed by atoms with Gasteiger partial charge in [-0.1, -0.05) is 49.1 Å². The first-order valence-electron chi connectivity index (χ1n) is 9.50. The number of nitrogens with zero attached hydrogens (tertiary/aromatic N) is 2. The zero-order valence-corrected chi connectivity index (χ0v) is 16.3. The van der Waals surface area contributed by atoms with Crippen LogP contribution in [0.5, 0.6) is 0 Å². The van der Waals surface area contributed by atoms with E-state index in [4.69, 9.17) is 0 Å². The Hall–Kier alpha value is -3.84. The minimum absolute atomic E-state index is 0.0732. The van der Waals surface area contributed by atoms with E-state index < -0.39 is 0 Å². The van der Waals surface area contributed by atoms with Crippen molar-refractivity contribution >= 4 is 10.8 Å². The van der Waals surface area contributed by atoms with Gasteiger partial charge in [0, 0.05) is 41.8 Å². The number of hydrogen-bond acceptors (Lipinski definition) is 2. The summed E-state index contributed by atoms with van der Waals surface area (Å²) in [6.45, 7) is 2.05. The predicted octanol–water partition coefficient (Wildman–Crippen LogP) is 3.65. The Bertz CT molecular complexity index is 1380. The van der Waals surface area contributed by atoms with Crippen molar-refractivity contribution in [2.24, 2.45) is 7.05 Å². The topological polar surface area (TPSA) is 44.0 Å². The Morgan fingerprint density at radius 3 is 2.41 bits per heavy atom. The van der Waals surface area contributed by atoms with Crippen LogP contribution in [-0.2, 0) is 13.5 Å². The van der Waals surface area contributed by atoms with Crippen LogP contribution >= 0.6 is 0 Å². The molecular formula is C25H20N2O2. The second-order valence-corrected chi connectivity index (χ2v) is 6.85. The van der Waals surface area contributed by atoms with Crippen molar-refractivity contribution in [1.82, 2.24) is 9.13 Å². The standard InChI is InChI=1S/C25H20N2O2/c1-3-21-16-20-9-7-8-19(14-12-18-13-15-23(28)26(2)17-18)24(20)25(29)27(21)22-10-5-4-6-11-22/h4-11,13,15-17H,3H2,1-2H3. The van der Waals surface area contributed by atoms with Gasteiger partial charge in [-0.05, 0) is 42.1 Å². The molecule has 0 aliphatic carbocycles. The molecule has 0 aliphatic heterocycles. The first kappa shape index (κ1) is 18.5. The summed E-state index contributed by atoms with van der Waals surface area (Å²) in [5, 5.41) is 1.48. The fourth-order valence-electron chi connectivity index (χ4n) is 3.45. The maximum Gasteiger partial charge on any atom is 0.264 e. The molecule has 2 aromatic heterocycles. The van der Waals surface area contributed by atoms with Crippen LogP contribution in [0.25, 0.3) is 16.5 Å². The number of benzene rings is 2. The smallest absolute Gasteiger partial charge is 0.264 e. The fourth-order valence-corrected chi connectivity index (χ4v) is 3.45. The number of para-hydroxylation sites is 1.